The van der Waals surface area contributed by atoms with Gasteiger partial charge in [0.2, 0.25) is 11.7 Å². The van der Waals surface area contributed by atoms with Gasteiger partial charge >= 0.3 is 5.97 Å². The van der Waals surface area contributed by atoms with Crippen molar-refractivity contribution < 1.29 is 23.9 Å². The number of rotatable bonds is 6. The Morgan fingerprint density at radius 1 is 1.30 bits per heavy atom. The lowest BCUT2D eigenvalue weighted by Gasteiger charge is -2.19. The fourth-order valence-electron chi connectivity index (χ4n) is 1.59. The highest BCUT2D eigenvalue weighted by atomic mass is 16.4. The predicted molar refractivity (Wildman–Crippen MR) is 70.5 cm³/mol. The average Bonchev–Trinajstić information content (AvgIpc) is 2.83. The molecule has 1 aromatic rings. The van der Waals surface area contributed by atoms with E-state index in [2.05, 4.69) is 5.32 Å². The number of nitrogens with one attached hydrogen (secondary N) is 1. The van der Waals surface area contributed by atoms with E-state index in [9.17, 15) is 14.4 Å². The minimum Gasteiger partial charge on any atom is -0.475 e. The molecule has 0 fully saturated rings. The maximum Gasteiger partial charge on any atom is 0.371 e. The highest BCUT2D eigenvalue weighted by Crippen LogP contribution is 2.10. The average molecular weight is 282 g/mol. The summed E-state index contributed by atoms with van der Waals surface area (Å²) in [5, 5.41) is 11.4. The Bertz CT molecular complexity index is 507. The number of furan rings is 1. The summed E-state index contributed by atoms with van der Waals surface area (Å²) in [6.45, 7) is 5.58. The SMILES string of the molecule is CCN(CC(=O)NC(C)C)C(=O)c1ccc(C(=O)O)o1. The van der Waals surface area contributed by atoms with Crippen molar-refractivity contribution in [1.29, 1.82) is 0 Å². The Kier molecular flexibility index (Phi) is 5.31. The normalized spacial score (nSPS) is 10.4. The van der Waals surface area contributed by atoms with Crippen LogP contribution < -0.4 is 5.32 Å². The van der Waals surface area contributed by atoms with Crippen LogP contribution in [0.25, 0.3) is 0 Å². The number of hydrogen-bond donors (Lipinski definition) is 2. The van der Waals surface area contributed by atoms with Gasteiger partial charge in [0.25, 0.3) is 5.91 Å². The molecule has 0 bridgehead atoms. The molecule has 0 radical (unpaired) electrons. The molecule has 0 atom stereocenters. The van der Waals surface area contributed by atoms with Crippen LogP contribution in [0.4, 0.5) is 0 Å². The molecule has 0 aliphatic heterocycles. The second kappa shape index (κ2) is 6.74. The van der Waals surface area contributed by atoms with Gasteiger partial charge in [0, 0.05) is 12.6 Å². The van der Waals surface area contributed by atoms with Crippen molar-refractivity contribution >= 4 is 17.8 Å². The van der Waals surface area contributed by atoms with Crippen LogP contribution in [0.1, 0.15) is 41.9 Å². The molecule has 0 saturated heterocycles. The number of carbonyl (C=O) groups excluding carboxylic acids is 2. The lowest BCUT2D eigenvalue weighted by atomic mass is 10.3. The van der Waals surface area contributed by atoms with E-state index < -0.39 is 11.9 Å². The number of nitrogens with zero attached hydrogens (tertiary/aromatic N) is 1. The quantitative estimate of drug-likeness (QED) is 0.809. The monoisotopic (exact) mass is 282 g/mol. The van der Waals surface area contributed by atoms with Crippen molar-refractivity contribution in [1.82, 2.24) is 10.2 Å². The Hall–Kier alpha value is -2.31. The fraction of sp³-hybridized carbons (Fsp3) is 0.462. The Labute approximate surface area is 116 Å². The van der Waals surface area contributed by atoms with E-state index in [1.54, 1.807) is 6.92 Å². The molecule has 2 amide bonds. The fourth-order valence-corrected chi connectivity index (χ4v) is 1.59. The first kappa shape index (κ1) is 15.7. The van der Waals surface area contributed by atoms with Gasteiger partial charge in [0.15, 0.2) is 5.76 Å². The van der Waals surface area contributed by atoms with Gasteiger partial charge in [-0.2, -0.15) is 0 Å². The summed E-state index contributed by atoms with van der Waals surface area (Å²) in [6, 6.07) is 2.48. The molecule has 7 heteroatoms. The van der Waals surface area contributed by atoms with Crippen molar-refractivity contribution in [2.45, 2.75) is 26.8 Å². The van der Waals surface area contributed by atoms with Crippen molar-refractivity contribution in [2.24, 2.45) is 0 Å². The van der Waals surface area contributed by atoms with Crippen molar-refractivity contribution in [3.05, 3.63) is 23.7 Å². The highest BCUT2D eigenvalue weighted by molar-refractivity contribution is 5.95. The molecule has 0 unspecified atom stereocenters. The van der Waals surface area contributed by atoms with Crippen molar-refractivity contribution in [2.75, 3.05) is 13.1 Å². The van der Waals surface area contributed by atoms with Crippen molar-refractivity contribution in [3.8, 4) is 0 Å². The largest absolute Gasteiger partial charge is 0.475 e. The molecule has 2 N–H and O–H groups in total. The van der Waals surface area contributed by atoms with Crippen LogP contribution in [0.15, 0.2) is 16.5 Å². The number of hydrogen-bond acceptors (Lipinski definition) is 4. The van der Waals surface area contributed by atoms with Gasteiger partial charge < -0.3 is 19.7 Å². The van der Waals surface area contributed by atoms with Crippen LogP contribution in [0.3, 0.4) is 0 Å². The van der Waals surface area contributed by atoms with Gasteiger partial charge in [-0.25, -0.2) is 4.79 Å². The maximum absolute atomic E-state index is 12.1. The molecule has 110 valence electrons. The first-order chi connectivity index (χ1) is 9.35. The molecular weight excluding hydrogens is 264 g/mol. The summed E-state index contributed by atoms with van der Waals surface area (Å²) < 4.78 is 4.93. The first-order valence-corrected chi connectivity index (χ1v) is 6.27. The summed E-state index contributed by atoms with van der Waals surface area (Å²) in [5.74, 6) is -2.44. The second-order valence-corrected chi connectivity index (χ2v) is 4.51. The minimum absolute atomic E-state index is 0.0152. The third kappa shape index (κ3) is 4.11. The summed E-state index contributed by atoms with van der Waals surface area (Å²) >= 11 is 0. The van der Waals surface area contributed by atoms with Crippen LogP contribution in [-0.2, 0) is 4.79 Å². The maximum atomic E-state index is 12.1. The van der Waals surface area contributed by atoms with Gasteiger partial charge in [0.1, 0.15) is 0 Å². The number of aromatic carboxylic acids is 1. The number of likely N-dealkylation sites (N-methyl/N-ethyl adjacent to an activating group) is 1. The Balaban J connectivity index is 2.75. The zero-order valence-corrected chi connectivity index (χ0v) is 11.7. The molecule has 0 aliphatic rings. The predicted octanol–water partition coefficient (Wildman–Crippen LogP) is 0.964. The zero-order valence-electron chi connectivity index (χ0n) is 11.7. The van der Waals surface area contributed by atoms with Gasteiger partial charge in [0.05, 0.1) is 6.54 Å². The van der Waals surface area contributed by atoms with Crippen LogP contribution in [-0.4, -0.2) is 46.9 Å². The zero-order chi connectivity index (χ0) is 15.3. The molecular formula is C13H18N2O5. The molecule has 0 saturated carbocycles. The van der Waals surface area contributed by atoms with E-state index >= 15 is 0 Å². The van der Waals surface area contributed by atoms with Gasteiger partial charge in [-0.15, -0.1) is 0 Å². The smallest absolute Gasteiger partial charge is 0.371 e. The highest BCUT2D eigenvalue weighted by Gasteiger charge is 2.22. The number of carbonyl (C=O) groups is 3. The number of carboxylic acids is 1. The molecule has 1 rings (SSSR count). The molecule has 1 heterocycles. The van der Waals surface area contributed by atoms with Crippen LogP contribution >= 0.6 is 0 Å². The van der Waals surface area contributed by atoms with E-state index in [4.69, 9.17) is 9.52 Å². The molecule has 1 aromatic heterocycles. The lowest BCUT2D eigenvalue weighted by molar-refractivity contribution is -0.122. The summed E-state index contributed by atoms with van der Waals surface area (Å²) in [7, 11) is 0. The van der Waals surface area contributed by atoms with Crippen LogP contribution in [0.5, 0.6) is 0 Å². The van der Waals surface area contributed by atoms with Gasteiger partial charge in [-0.05, 0) is 32.9 Å². The van der Waals surface area contributed by atoms with E-state index in [0.717, 1.165) is 0 Å². The van der Waals surface area contributed by atoms with E-state index in [1.165, 1.54) is 17.0 Å². The Morgan fingerprint density at radius 3 is 2.35 bits per heavy atom. The molecule has 0 spiro atoms. The Morgan fingerprint density at radius 2 is 1.90 bits per heavy atom. The number of amides is 2. The van der Waals surface area contributed by atoms with E-state index in [0.29, 0.717) is 6.54 Å². The van der Waals surface area contributed by atoms with Gasteiger partial charge in [-0.3, -0.25) is 9.59 Å². The van der Waals surface area contributed by atoms with Crippen molar-refractivity contribution in [3.63, 3.8) is 0 Å². The minimum atomic E-state index is -1.25. The lowest BCUT2D eigenvalue weighted by Crippen LogP contribution is -2.42. The van der Waals surface area contributed by atoms with Crippen LogP contribution in [0, 0.1) is 0 Å². The standard InChI is InChI=1S/C13H18N2O5/c1-4-15(7-11(16)14-8(2)3)12(17)9-5-6-10(20-9)13(18)19/h5-6,8H,4,7H2,1-3H3,(H,14,16)(H,18,19). The molecule has 20 heavy (non-hydrogen) atoms. The molecule has 0 aliphatic carbocycles. The van der Waals surface area contributed by atoms with Gasteiger partial charge in [-0.1, -0.05) is 0 Å². The summed E-state index contributed by atoms with van der Waals surface area (Å²) in [4.78, 5) is 35.7. The summed E-state index contributed by atoms with van der Waals surface area (Å²) in [6.07, 6.45) is 0. The van der Waals surface area contributed by atoms with E-state index in [-0.39, 0.29) is 30.0 Å². The molecule has 0 aromatic carbocycles. The first-order valence-electron chi connectivity index (χ1n) is 6.27. The topological polar surface area (TPSA) is 99.9 Å². The van der Waals surface area contributed by atoms with Crippen LogP contribution in [0.2, 0.25) is 0 Å². The third-order valence-corrected chi connectivity index (χ3v) is 2.48. The summed E-state index contributed by atoms with van der Waals surface area (Å²) in [5.41, 5.74) is 0. The molecule has 7 nitrogen and oxygen atoms in total. The van der Waals surface area contributed by atoms with E-state index in [1.807, 2.05) is 13.8 Å². The number of carboxylic acid groups (broad SMARTS) is 1. The third-order valence-electron chi connectivity index (χ3n) is 2.48. The second-order valence-electron chi connectivity index (χ2n) is 4.51.